The molecule has 29 heavy (non-hydrogen) atoms. The molecule has 1 saturated carbocycles. The van der Waals surface area contributed by atoms with E-state index >= 15 is 0 Å². The minimum absolute atomic E-state index is 0.0714. The van der Waals surface area contributed by atoms with Gasteiger partial charge in [0.1, 0.15) is 0 Å². The van der Waals surface area contributed by atoms with Gasteiger partial charge < -0.3 is 9.84 Å². The molecule has 1 amide bonds. The molecular weight excluding hydrogens is 368 g/mol. The molecule has 0 bridgehead atoms. The summed E-state index contributed by atoms with van der Waals surface area (Å²) in [6, 6.07) is 3.92. The van der Waals surface area contributed by atoms with Crippen molar-refractivity contribution in [3.05, 3.63) is 41.6 Å². The first-order valence-corrected chi connectivity index (χ1v) is 10.3. The number of hydrogen-bond donors (Lipinski definition) is 1. The number of nitrogens with one attached hydrogen (secondary N) is 1. The topological polar surface area (TPSA) is 98.7 Å². The standard InChI is InChI=1S/C21H26N6O2/c1-3-7-18-25-21(29-26-18)15-10-11-22-19(12-15)27-14(2)17(13-23-27)20(28)24-16-8-5-4-6-9-16/h10-13,16H,3-9H2,1-2H3,(H,24,28). The molecule has 0 radical (unpaired) electrons. The van der Waals surface area contributed by atoms with Gasteiger partial charge >= 0.3 is 0 Å². The summed E-state index contributed by atoms with van der Waals surface area (Å²) in [4.78, 5) is 21.5. The summed E-state index contributed by atoms with van der Waals surface area (Å²) >= 11 is 0. The van der Waals surface area contributed by atoms with Crippen LogP contribution in [0.3, 0.4) is 0 Å². The summed E-state index contributed by atoms with van der Waals surface area (Å²) in [6.07, 6.45) is 10.7. The van der Waals surface area contributed by atoms with Gasteiger partial charge in [0.25, 0.3) is 11.8 Å². The minimum atomic E-state index is -0.0714. The predicted octanol–water partition coefficient (Wildman–Crippen LogP) is 3.64. The molecular formula is C21H26N6O2. The van der Waals surface area contributed by atoms with Gasteiger partial charge in [-0.1, -0.05) is 31.3 Å². The van der Waals surface area contributed by atoms with Crippen LogP contribution in [-0.4, -0.2) is 36.9 Å². The van der Waals surface area contributed by atoms with Crippen LogP contribution >= 0.6 is 0 Å². The molecule has 3 aromatic rings. The lowest BCUT2D eigenvalue weighted by Crippen LogP contribution is -2.36. The Hall–Kier alpha value is -3.03. The van der Waals surface area contributed by atoms with E-state index in [4.69, 9.17) is 4.52 Å². The molecule has 152 valence electrons. The molecule has 0 aliphatic heterocycles. The second-order valence-corrected chi connectivity index (χ2v) is 7.53. The highest BCUT2D eigenvalue weighted by atomic mass is 16.5. The Balaban J connectivity index is 1.55. The number of aromatic nitrogens is 5. The number of nitrogens with zero attached hydrogens (tertiary/aromatic N) is 5. The van der Waals surface area contributed by atoms with Gasteiger partial charge in [0.05, 0.1) is 17.5 Å². The first-order chi connectivity index (χ1) is 14.2. The molecule has 0 spiro atoms. The number of amides is 1. The van der Waals surface area contributed by atoms with Crippen molar-refractivity contribution < 1.29 is 9.32 Å². The fraction of sp³-hybridized carbons (Fsp3) is 0.476. The maximum Gasteiger partial charge on any atom is 0.258 e. The lowest BCUT2D eigenvalue weighted by Gasteiger charge is -2.22. The molecule has 1 N–H and O–H groups in total. The van der Waals surface area contributed by atoms with Gasteiger partial charge in [0.15, 0.2) is 11.6 Å². The van der Waals surface area contributed by atoms with Crippen LogP contribution in [0.4, 0.5) is 0 Å². The van der Waals surface area contributed by atoms with Crippen molar-refractivity contribution in [2.24, 2.45) is 0 Å². The molecule has 0 unspecified atom stereocenters. The zero-order chi connectivity index (χ0) is 20.2. The van der Waals surface area contributed by atoms with Crippen molar-refractivity contribution in [1.29, 1.82) is 0 Å². The van der Waals surface area contributed by atoms with E-state index in [1.54, 1.807) is 17.1 Å². The summed E-state index contributed by atoms with van der Waals surface area (Å²) in [7, 11) is 0. The van der Waals surface area contributed by atoms with Crippen molar-refractivity contribution >= 4 is 5.91 Å². The molecule has 3 heterocycles. The van der Waals surface area contributed by atoms with Crippen LogP contribution in [0.25, 0.3) is 17.3 Å². The van der Waals surface area contributed by atoms with E-state index in [0.717, 1.165) is 36.9 Å². The van der Waals surface area contributed by atoms with E-state index in [9.17, 15) is 4.79 Å². The number of aryl methyl sites for hydroxylation is 1. The van der Waals surface area contributed by atoms with E-state index in [2.05, 4.69) is 32.5 Å². The van der Waals surface area contributed by atoms with Crippen LogP contribution in [0, 0.1) is 6.92 Å². The zero-order valence-electron chi connectivity index (χ0n) is 16.9. The van der Waals surface area contributed by atoms with Crippen LogP contribution in [0.15, 0.2) is 29.0 Å². The molecule has 8 nitrogen and oxygen atoms in total. The van der Waals surface area contributed by atoms with E-state index in [1.165, 1.54) is 19.3 Å². The van der Waals surface area contributed by atoms with Crippen LogP contribution in [0.5, 0.6) is 0 Å². The van der Waals surface area contributed by atoms with E-state index < -0.39 is 0 Å². The second-order valence-electron chi connectivity index (χ2n) is 7.53. The van der Waals surface area contributed by atoms with Crippen molar-refractivity contribution in [3.8, 4) is 17.3 Å². The van der Waals surface area contributed by atoms with Gasteiger partial charge in [-0.25, -0.2) is 9.67 Å². The molecule has 8 heteroatoms. The minimum Gasteiger partial charge on any atom is -0.349 e. The third-order valence-corrected chi connectivity index (χ3v) is 5.35. The van der Waals surface area contributed by atoms with Crippen molar-refractivity contribution in [1.82, 2.24) is 30.2 Å². The Kier molecular flexibility index (Phi) is 5.69. The summed E-state index contributed by atoms with van der Waals surface area (Å²) in [5.74, 6) is 1.68. The summed E-state index contributed by atoms with van der Waals surface area (Å²) < 4.78 is 7.04. The highest BCUT2D eigenvalue weighted by Crippen LogP contribution is 2.22. The maximum atomic E-state index is 12.7. The van der Waals surface area contributed by atoms with E-state index in [-0.39, 0.29) is 11.9 Å². The molecule has 4 rings (SSSR count). The van der Waals surface area contributed by atoms with Crippen LogP contribution in [0.1, 0.15) is 67.3 Å². The fourth-order valence-electron chi connectivity index (χ4n) is 3.74. The van der Waals surface area contributed by atoms with Gasteiger partial charge in [-0.3, -0.25) is 4.79 Å². The number of carbonyl (C=O) groups is 1. The van der Waals surface area contributed by atoms with Gasteiger partial charge in [-0.05, 0) is 38.3 Å². The molecule has 1 aliphatic carbocycles. The summed E-state index contributed by atoms with van der Waals surface area (Å²) in [6.45, 7) is 3.95. The highest BCUT2D eigenvalue weighted by Gasteiger charge is 2.21. The predicted molar refractivity (Wildman–Crippen MR) is 108 cm³/mol. The molecule has 0 saturated heterocycles. The SMILES string of the molecule is CCCc1noc(-c2ccnc(-n3ncc(C(=O)NC4CCCCC4)c3C)c2)n1. The molecule has 1 fully saturated rings. The Morgan fingerprint density at radius 3 is 2.93 bits per heavy atom. The number of pyridine rings is 1. The Morgan fingerprint density at radius 1 is 1.31 bits per heavy atom. The van der Waals surface area contributed by atoms with Crippen LogP contribution < -0.4 is 5.32 Å². The lowest BCUT2D eigenvalue weighted by atomic mass is 9.95. The van der Waals surface area contributed by atoms with Gasteiger partial charge in [-0.15, -0.1) is 0 Å². The van der Waals surface area contributed by atoms with Crippen LogP contribution in [-0.2, 0) is 6.42 Å². The average Bonchev–Trinajstić information content (AvgIpc) is 3.36. The normalized spacial score (nSPS) is 14.8. The first kappa shape index (κ1) is 19.3. The van der Waals surface area contributed by atoms with Gasteiger partial charge in [0.2, 0.25) is 0 Å². The first-order valence-electron chi connectivity index (χ1n) is 10.3. The fourth-order valence-corrected chi connectivity index (χ4v) is 3.74. The van der Waals surface area contributed by atoms with Gasteiger partial charge in [-0.2, -0.15) is 10.1 Å². The monoisotopic (exact) mass is 394 g/mol. The van der Waals surface area contributed by atoms with Crippen molar-refractivity contribution in [3.63, 3.8) is 0 Å². The van der Waals surface area contributed by atoms with Gasteiger partial charge in [0, 0.05) is 24.2 Å². The second kappa shape index (κ2) is 8.55. The molecule has 3 aromatic heterocycles. The Bertz CT molecular complexity index is 987. The third-order valence-electron chi connectivity index (χ3n) is 5.35. The van der Waals surface area contributed by atoms with E-state index in [1.807, 2.05) is 19.1 Å². The summed E-state index contributed by atoms with van der Waals surface area (Å²) in [5.41, 5.74) is 2.10. The molecule has 0 atom stereocenters. The Labute approximate surface area is 169 Å². The summed E-state index contributed by atoms with van der Waals surface area (Å²) in [5, 5.41) is 11.5. The number of rotatable bonds is 6. The quantitative estimate of drug-likeness (QED) is 0.685. The Morgan fingerprint density at radius 2 is 2.14 bits per heavy atom. The maximum absolute atomic E-state index is 12.7. The number of carbonyl (C=O) groups excluding carboxylic acids is 1. The van der Waals surface area contributed by atoms with Crippen molar-refractivity contribution in [2.45, 2.75) is 64.8 Å². The molecule has 0 aromatic carbocycles. The van der Waals surface area contributed by atoms with Crippen molar-refractivity contribution in [2.75, 3.05) is 0 Å². The smallest absolute Gasteiger partial charge is 0.258 e. The third kappa shape index (κ3) is 4.21. The number of hydrogen-bond acceptors (Lipinski definition) is 6. The van der Waals surface area contributed by atoms with Crippen LogP contribution in [0.2, 0.25) is 0 Å². The molecule has 1 aliphatic rings. The van der Waals surface area contributed by atoms with E-state index in [0.29, 0.717) is 23.1 Å². The highest BCUT2D eigenvalue weighted by molar-refractivity contribution is 5.95. The lowest BCUT2D eigenvalue weighted by molar-refractivity contribution is 0.0927. The zero-order valence-corrected chi connectivity index (χ0v) is 16.9. The average molecular weight is 394 g/mol. The largest absolute Gasteiger partial charge is 0.349 e.